The molecule has 0 saturated carbocycles. The maximum atomic E-state index is 2.44. The number of hydrogen-bond donors (Lipinski definition) is 0. The molecule has 62 heavy (non-hydrogen) atoms. The van der Waals surface area contributed by atoms with Gasteiger partial charge >= 0.3 is 0 Å². The Morgan fingerprint density at radius 3 is 1.58 bits per heavy atom. The highest BCUT2D eigenvalue weighted by molar-refractivity contribution is 7.25. The Morgan fingerprint density at radius 2 is 0.790 bits per heavy atom. The number of rotatable bonds is 3. The summed E-state index contributed by atoms with van der Waals surface area (Å²) in [7, 11) is 0. The highest BCUT2D eigenvalue weighted by atomic mass is 32.1. The minimum atomic E-state index is 1.17. The van der Waals surface area contributed by atoms with Gasteiger partial charge in [-0.25, -0.2) is 0 Å². The van der Waals surface area contributed by atoms with Crippen molar-refractivity contribution in [1.82, 2.24) is 4.57 Å². The van der Waals surface area contributed by atoms with Crippen molar-refractivity contribution in [3.05, 3.63) is 212 Å². The van der Waals surface area contributed by atoms with E-state index in [2.05, 4.69) is 217 Å². The van der Waals surface area contributed by atoms with Crippen molar-refractivity contribution in [3.8, 4) is 27.9 Å². The number of benzene rings is 12. The van der Waals surface area contributed by atoms with Crippen LogP contribution in [-0.4, -0.2) is 4.57 Å². The van der Waals surface area contributed by atoms with Crippen LogP contribution in [0.15, 0.2) is 212 Å². The zero-order valence-corrected chi connectivity index (χ0v) is 34.4. The molecule has 0 amide bonds. The van der Waals surface area contributed by atoms with E-state index >= 15 is 0 Å². The van der Waals surface area contributed by atoms with Crippen molar-refractivity contribution in [2.24, 2.45) is 0 Å². The molecule has 2 heterocycles. The Labute approximate surface area is 360 Å². The SMILES string of the molecule is c1ccc(-n2c3ccccc3c3c4c(ccc32)c2ccccc2c2cc(-c3ccc5sc6ccc(-c7cc8c9ccccc9ccc8c8ccccc78)cc6c5c3)ccc24)cc1. The second-order valence-electron chi connectivity index (χ2n) is 16.8. The molecule has 2 heteroatoms. The Morgan fingerprint density at radius 1 is 0.274 bits per heavy atom. The second kappa shape index (κ2) is 12.9. The average Bonchev–Trinajstić information content (AvgIpc) is 3.89. The molecular weight excluding hydrogens is 767 g/mol. The summed E-state index contributed by atoms with van der Waals surface area (Å²) in [5, 5.41) is 20.7. The Bertz CT molecular complexity index is 4210. The molecule has 0 aliphatic rings. The highest BCUT2D eigenvalue weighted by Gasteiger charge is 2.19. The van der Waals surface area contributed by atoms with E-state index in [4.69, 9.17) is 0 Å². The normalized spacial score (nSPS) is 12.2. The highest BCUT2D eigenvalue weighted by Crippen LogP contribution is 2.46. The molecule has 0 fully saturated rings. The number of fused-ring (bicyclic) bond motifs is 18. The minimum Gasteiger partial charge on any atom is -0.309 e. The van der Waals surface area contributed by atoms with E-state index in [1.54, 1.807) is 0 Å². The van der Waals surface area contributed by atoms with Gasteiger partial charge in [0.05, 0.1) is 11.0 Å². The summed E-state index contributed by atoms with van der Waals surface area (Å²) in [6.07, 6.45) is 0. The van der Waals surface area contributed by atoms with Gasteiger partial charge in [-0.05, 0) is 142 Å². The summed E-state index contributed by atoms with van der Waals surface area (Å²) in [5.74, 6) is 0. The van der Waals surface area contributed by atoms with Gasteiger partial charge in [0.15, 0.2) is 0 Å². The van der Waals surface area contributed by atoms with Crippen LogP contribution < -0.4 is 0 Å². The van der Waals surface area contributed by atoms with Crippen molar-refractivity contribution in [1.29, 1.82) is 0 Å². The lowest BCUT2D eigenvalue weighted by Crippen LogP contribution is -1.93. The molecule has 0 radical (unpaired) electrons. The molecule has 286 valence electrons. The third-order valence-corrected chi connectivity index (χ3v) is 14.7. The number of thiophene rings is 1. The van der Waals surface area contributed by atoms with Crippen LogP contribution >= 0.6 is 11.3 Å². The predicted molar refractivity (Wildman–Crippen MR) is 270 cm³/mol. The van der Waals surface area contributed by atoms with Crippen molar-refractivity contribution < 1.29 is 0 Å². The fourth-order valence-corrected chi connectivity index (χ4v) is 11.8. The van der Waals surface area contributed by atoms with Crippen LogP contribution in [0.2, 0.25) is 0 Å². The first-order valence-electron chi connectivity index (χ1n) is 21.4. The van der Waals surface area contributed by atoms with Gasteiger partial charge in [-0.1, -0.05) is 152 Å². The Balaban J connectivity index is 0.982. The average molecular weight is 802 g/mol. The van der Waals surface area contributed by atoms with E-state index in [0.29, 0.717) is 0 Å². The van der Waals surface area contributed by atoms with Gasteiger partial charge in [0, 0.05) is 42.0 Å². The van der Waals surface area contributed by atoms with Crippen LogP contribution in [0.1, 0.15) is 0 Å². The van der Waals surface area contributed by atoms with Gasteiger partial charge in [-0.2, -0.15) is 0 Å². The van der Waals surface area contributed by atoms with Gasteiger partial charge in [0.25, 0.3) is 0 Å². The monoisotopic (exact) mass is 801 g/mol. The first-order valence-corrected chi connectivity index (χ1v) is 22.2. The van der Waals surface area contributed by atoms with Crippen molar-refractivity contribution in [2.45, 2.75) is 0 Å². The number of para-hydroxylation sites is 2. The zero-order valence-electron chi connectivity index (χ0n) is 33.6. The first-order chi connectivity index (χ1) is 30.7. The second-order valence-corrected chi connectivity index (χ2v) is 17.8. The Hall–Kier alpha value is -7.78. The van der Waals surface area contributed by atoms with Crippen LogP contribution in [0.3, 0.4) is 0 Å². The molecule has 14 rings (SSSR count). The van der Waals surface area contributed by atoms with E-state index in [9.17, 15) is 0 Å². The lowest BCUT2D eigenvalue weighted by molar-refractivity contribution is 1.18. The van der Waals surface area contributed by atoms with Crippen molar-refractivity contribution in [3.63, 3.8) is 0 Å². The summed E-state index contributed by atoms with van der Waals surface area (Å²) in [6.45, 7) is 0. The molecule has 0 spiro atoms. The van der Waals surface area contributed by atoms with Gasteiger partial charge in [0.1, 0.15) is 0 Å². The summed E-state index contributed by atoms with van der Waals surface area (Å²) in [4.78, 5) is 0. The van der Waals surface area contributed by atoms with Crippen LogP contribution in [0.5, 0.6) is 0 Å². The van der Waals surface area contributed by atoms with Crippen molar-refractivity contribution in [2.75, 3.05) is 0 Å². The van der Waals surface area contributed by atoms with Crippen LogP contribution in [-0.2, 0) is 0 Å². The molecule has 0 aliphatic heterocycles. The Kier molecular flexibility index (Phi) is 7.05. The van der Waals surface area contributed by atoms with E-state index in [1.165, 1.54) is 135 Å². The standard InChI is InChI=1S/C60H35NS/c1-2-13-40(14-3-1)61-55-21-11-10-20-49(55)60-56(61)29-28-47-43-17-7-9-19-45(43)51-32-37(23-27-48(51)59(47)60)38-24-30-57-53(33-38)54-34-39(25-31-58(54)62-57)50-35-52-41-15-5-4-12-36(41)22-26-46(52)42-16-6-8-18-44(42)50/h1-35H. The van der Waals surface area contributed by atoms with Gasteiger partial charge in [-0.3, -0.25) is 0 Å². The molecule has 0 N–H and O–H groups in total. The van der Waals surface area contributed by atoms with Gasteiger partial charge < -0.3 is 4.57 Å². The summed E-state index contributed by atoms with van der Waals surface area (Å²) in [6, 6.07) is 79.3. The summed E-state index contributed by atoms with van der Waals surface area (Å²) in [5.41, 5.74) is 8.61. The predicted octanol–water partition coefficient (Wildman–Crippen LogP) is 17.4. The quantitative estimate of drug-likeness (QED) is 0.157. The lowest BCUT2D eigenvalue weighted by atomic mass is 9.89. The van der Waals surface area contributed by atoms with E-state index in [-0.39, 0.29) is 0 Å². The van der Waals surface area contributed by atoms with Crippen LogP contribution in [0.25, 0.3) is 135 Å². The maximum absolute atomic E-state index is 2.44. The molecule has 1 nitrogen and oxygen atoms in total. The third-order valence-electron chi connectivity index (χ3n) is 13.5. The van der Waals surface area contributed by atoms with Crippen LogP contribution in [0.4, 0.5) is 0 Å². The number of aromatic nitrogens is 1. The molecule has 0 unspecified atom stereocenters. The maximum Gasteiger partial charge on any atom is 0.0547 e. The molecule has 0 saturated heterocycles. The first kappa shape index (κ1) is 34.0. The van der Waals surface area contributed by atoms with Crippen LogP contribution in [0, 0.1) is 0 Å². The van der Waals surface area contributed by atoms with Gasteiger partial charge in [-0.15, -0.1) is 11.3 Å². The molecule has 2 aromatic heterocycles. The molecule has 12 aromatic carbocycles. The number of nitrogens with zero attached hydrogens (tertiary/aromatic N) is 1. The lowest BCUT2D eigenvalue weighted by Gasteiger charge is -2.14. The third kappa shape index (κ3) is 4.78. The van der Waals surface area contributed by atoms with E-state index in [0.717, 1.165) is 0 Å². The smallest absolute Gasteiger partial charge is 0.0547 e. The minimum absolute atomic E-state index is 1.17. The molecular formula is C60H35NS. The molecule has 0 atom stereocenters. The molecule has 0 aliphatic carbocycles. The summed E-state index contributed by atoms with van der Waals surface area (Å²) < 4.78 is 5.05. The fraction of sp³-hybridized carbons (Fsp3) is 0. The topological polar surface area (TPSA) is 4.93 Å². The molecule has 0 bridgehead atoms. The van der Waals surface area contributed by atoms with E-state index in [1.807, 2.05) is 11.3 Å². The fourth-order valence-electron chi connectivity index (χ4n) is 10.8. The van der Waals surface area contributed by atoms with E-state index < -0.39 is 0 Å². The zero-order chi connectivity index (χ0) is 40.5. The van der Waals surface area contributed by atoms with Crippen molar-refractivity contribution >= 4 is 118 Å². The van der Waals surface area contributed by atoms with Gasteiger partial charge in [0.2, 0.25) is 0 Å². The molecule has 14 aromatic rings. The summed E-state index contributed by atoms with van der Waals surface area (Å²) >= 11 is 1.88. The number of hydrogen-bond acceptors (Lipinski definition) is 1. The largest absolute Gasteiger partial charge is 0.309 e.